The molecule has 1 aliphatic rings. The largest absolute Gasteiger partial charge is 0.494 e. The Balaban J connectivity index is 1.66. The Morgan fingerprint density at radius 2 is 2.03 bits per heavy atom. The molecule has 2 aromatic carbocycles. The van der Waals surface area contributed by atoms with Crippen LogP contribution >= 0.6 is 23.2 Å². The molecular weight excluding hydrogens is 447 g/mol. The third-order valence-corrected chi connectivity index (χ3v) is 7.30. The summed E-state index contributed by atoms with van der Waals surface area (Å²) in [6.45, 7) is 2.95. The number of carbonyl (C=O) groups is 1. The lowest BCUT2D eigenvalue weighted by Crippen LogP contribution is -2.44. The molecule has 1 aliphatic heterocycles. The third-order valence-electron chi connectivity index (χ3n) is 4.91. The van der Waals surface area contributed by atoms with Crippen molar-refractivity contribution in [2.24, 2.45) is 5.92 Å². The average Bonchev–Trinajstić information content (AvgIpc) is 2.71. The highest BCUT2D eigenvalue weighted by Crippen LogP contribution is 2.27. The van der Waals surface area contributed by atoms with Gasteiger partial charge in [-0.05, 0) is 49.6 Å². The molecule has 0 spiro atoms. The van der Waals surface area contributed by atoms with Crippen LogP contribution in [0.2, 0.25) is 10.0 Å². The monoisotopic (exact) mass is 470 g/mol. The lowest BCUT2D eigenvalue weighted by Gasteiger charge is -2.31. The quantitative estimate of drug-likeness (QED) is 0.642. The number of halogens is 2. The average molecular weight is 471 g/mol. The number of carbonyl (C=O) groups excluding carboxylic acids is 1. The molecule has 0 bridgehead atoms. The first-order valence-corrected chi connectivity index (χ1v) is 12.1. The summed E-state index contributed by atoms with van der Waals surface area (Å²) >= 11 is 12.0. The summed E-state index contributed by atoms with van der Waals surface area (Å²) in [5.74, 6) is -0.186. The zero-order valence-electron chi connectivity index (χ0n) is 16.6. The molecule has 0 aromatic heterocycles. The molecule has 0 aliphatic carbocycles. The second kappa shape index (κ2) is 10.0. The molecule has 6 nitrogen and oxygen atoms in total. The molecule has 9 heteroatoms. The maximum atomic E-state index is 12.9. The van der Waals surface area contributed by atoms with E-state index in [1.54, 1.807) is 30.3 Å². The maximum absolute atomic E-state index is 12.9. The van der Waals surface area contributed by atoms with Crippen molar-refractivity contribution in [1.29, 1.82) is 0 Å². The second-order valence-corrected chi connectivity index (χ2v) is 9.95. The minimum Gasteiger partial charge on any atom is -0.494 e. The molecule has 1 saturated heterocycles. The van der Waals surface area contributed by atoms with Crippen LogP contribution in [0.4, 0.5) is 5.69 Å². The Morgan fingerprint density at radius 3 is 2.77 bits per heavy atom. The highest BCUT2D eigenvalue weighted by atomic mass is 35.5. The smallest absolute Gasteiger partial charge is 0.228 e. The number of hydrogen-bond acceptors (Lipinski definition) is 4. The van der Waals surface area contributed by atoms with Gasteiger partial charge in [0.2, 0.25) is 15.9 Å². The standard InChI is InChI=1S/C21H24Cl2N2O4S/c1-2-29-19-7-3-6-18(12-19)24-21(26)15-5-4-10-25(13-15)30(27,28)14-16-8-9-17(22)11-20(16)23/h3,6-9,11-12,15H,2,4-5,10,13-14H2,1H3,(H,24,26). The topological polar surface area (TPSA) is 75.7 Å². The first-order valence-electron chi connectivity index (χ1n) is 9.74. The van der Waals surface area contributed by atoms with Crippen molar-refractivity contribution in [2.75, 3.05) is 25.0 Å². The molecule has 0 saturated carbocycles. The summed E-state index contributed by atoms with van der Waals surface area (Å²) in [5.41, 5.74) is 1.11. The highest BCUT2D eigenvalue weighted by Gasteiger charge is 2.32. The summed E-state index contributed by atoms with van der Waals surface area (Å²) in [5, 5.41) is 3.63. The number of sulfonamides is 1. The van der Waals surface area contributed by atoms with Gasteiger partial charge in [0, 0.05) is 34.9 Å². The van der Waals surface area contributed by atoms with E-state index in [0.29, 0.717) is 53.0 Å². The molecule has 1 atom stereocenters. The predicted molar refractivity (Wildman–Crippen MR) is 120 cm³/mol. The van der Waals surface area contributed by atoms with Crippen LogP contribution < -0.4 is 10.1 Å². The Morgan fingerprint density at radius 1 is 1.23 bits per heavy atom. The molecule has 2 aromatic rings. The molecule has 0 radical (unpaired) electrons. The molecule has 162 valence electrons. The van der Waals surface area contributed by atoms with Gasteiger partial charge in [-0.1, -0.05) is 35.3 Å². The van der Waals surface area contributed by atoms with Crippen LogP contribution in [0.3, 0.4) is 0 Å². The van der Waals surface area contributed by atoms with Crippen LogP contribution in [-0.2, 0) is 20.6 Å². The minimum atomic E-state index is -3.62. The van der Waals surface area contributed by atoms with E-state index < -0.39 is 15.9 Å². The van der Waals surface area contributed by atoms with Gasteiger partial charge in [-0.2, -0.15) is 0 Å². The third kappa shape index (κ3) is 5.88. The van der Waals surface area contributed by atoms with Crippen molar-refractivity contribution < 1.29 is 17.9 Å². The van der Waals surface area contributed by atoms with Gasteiger partial charge >= 0.3 is 0 Å². The molecule has 3 rings (SSSR count). The van der Waals surface area contributed by atoms with E-state index in [1.807, 2.05) is 13.0 Å². The van der Waals surface area contributed by atoms with Gasteiger partial charge in [0.05, 0.1) is 18.3 Å². The zero-order valence-corrected chi connectivity index (χ0v) is 18.9. The Bertz CT molecular complexity index is 1010. The van der Waals surface area contributed by atoms with Gasteiger partial charge in [0.25, 0.3) is 0 Å². The molecule has 30 heavy (non-hydrogen) atoms. The zero-order chi connectivity index (χ0) is 21.7. The normalized spacial score (nSPS) is 17.5. The number of rotatable bonds is 7. The minimum absolute atomic E-state index is 0.143. The van der Waals surface area contributed by atoms with Crippen molar-refractivity contribution in [3.63, 3.8) is 0 Å². The van der Waals surface area contributed by atoms with Crippen molar-refractivity contribution in [3.05, 3.63) is 58.1 Å². The molecule has 1 amide bonds. The highest BCUT2D eigenvalue weighted by molar-refractivity contribution is 7.88. The number of benzene rings is 2. The van der Waals surface area contributed by atoms with Crippen molar-refractivity contribution in [3.8, 4) is 5.75 Å². The lowest BCUT2D eigenvalue weighted by molar-refractivity contribution is -0.120. The van der Waals surface area contributed by atoms with Crippen molar-refractivity contribution in [2.45, 2.75) is 25.5 Å². The lowest BCUT2D eigenvalue weighted by atomic mass is 9.98. The predicted octanol–water partition coefficient (Wildman–Crippen LogP) is 4.57. The fraction of sp³-hybridized carbons (Fsp3) is 0.381. The van der Waals surface area contributed by atoms with Crippen molar-refractivity contribution in [1.82, 2.24) is 4.31 Å². The number of piperidine rings is 1. The second-order valence-electron chi connectivity index (χ2n) is 7.14. The summed E-state index contributed by atoms with van der Waals surface area (Å²) in [4.78, 5) is 12.7. The van der Waals surface area contributed by atoms with Gasteiger partial charge in [0.1, 0.15) is 5.75 Å². The Kier molecular flexibility index (Phi) is 7.63. The van der Waals surface area contributed by atoms with E-state index in [-0.39, 0.29) is 18.2 Å². The van der Waals surface area contributed by atoms with Crippen molar-refractivity contribution >= 4 is 44.8 Å². The summed E-state index contributed by atoms with van der Waals surface area (Å²) in [6, 6.07) is 11.9. The van der Waals surface area contributed by atoms with Crippen LogP contribution in [0.1, 0.15) is 25.3 Å². The van der Waals surface area contributed by atoms with Crippen LogP contribution in [-0.4, -0.2) is 38.3 Å². The van der Waals surface area contributed by atoms with E-state index in [1.165, 1.54) is 10.4 Å². The SMILES string of the molecule is CCOc1cccc(NC(=O)C2CCCN(S(=O)(=O)Cc3ccc(Cl)cc3Cl)C2)c1. The van der Waals surface area contributed by atoms with Crippen LogP contribution in [0.15, 0.2) is 42.5 Å². The Hall–Kier alpha value is -1.80. The fourth-order valence-electron chi connectivity index (χ4n) is 3.41. The number of ether oxygens (including phenoxy) is 1. The number of nitrogens with one attached hydrogen (secondary N) is 1. The van der Waals surface area contributed by atoms with Gasteiger partial charge in [-0.3, -0.25) is 4.79 Å². The molecular formula is C21H24Cl2N2O4S. The summed E-state index contributed by atoms with van der Waals surface area (Å²) in [6.07, 6.45) is 1.25. The van der Waals surface area contributed by atoms with E-state index in [4.69, 9.17) is 27.9 Å². The fourth-order valence-corrected chi connectivity index (χ4v) is 5.61. The van der Waals surface area contributed by atoms with Gasteiger partial charge in [-0.15, -0.1) is 0 Å². The Labute approximate surface area is 187 Å². The number of hydrogen-bond donors (Lipinski definition) is 1. The number of amides is 1. The van der Waals surface area contributed by atoms with Gasteiger partial charge in [-0.25, -0.2) is 12.7 Å². The van der Waals surface area contributed by atoms with E-state index >= 15 is 0 Å². The molecule has 1 fully saturated rings. The number of nitrogens with zero attached hydrogens (tertiary/aromatic N) is 1. The number of anilines is 1. The maximum Gasteiger partial charge on any atom is 0.228 e. The summed E-state index contributed by atoms with van der Waals surface area (Å²) in [7, 11) is -3.62. The molecule has 1 N–H and O–H groups in total. The van der Waals surface area contributed by atoms with Gasteiger partial charge in [0.15, 0.2) is 0 Å². The summed E-state index contributed by atoms with van der Waals surface area (Å²) < 4.78 is 32.7. The van der Waals surface area contributed by atoms with E-state index in [2.05, 4.69) is 5.32 Å². The molecule has 1 unspecified atom stereocenters. The van der Waals surface area contributed by atoms with Crippen LogP contribution in [0.5, 0.6) is 5.75 Å². The van der Waals surface area contributed by atoms with E-state index in [9.17, 15) is 13.2 Å². The molecule has 1 heterocycles. The van der Waals surface area contributed by atoms with Crippen LogP contribution in [0.25, 0.3) is 0 Å². The van der Waals surface area contributed by atoms with Gasteiger partial charge < -0.3 is 10.1 Å². The first kappa shape index (κ1) is 22.9. The van der Waals surface area contributed by atoms with Crippen LogP contribution in [0, 0.1) is 5.92 Å². The van der Waals surface area contributed by atoms with E-state index in [0.717, 1.165) is 0 Å². The first-order chi connectivity index (χ1) is 14.3.